The van der Waals surface area contributed by atoms with Gasteiger partial charge in [-0.2, -0.15) is 5.10 Å². The van der Waals surface area contributed by atoms with Gasteiger partial charge in [-0.15, -0.1) is 0 Å². The first-order valence-electron chi connectivity index (χ1n) is 4.84. The van der Waals surface area contributed by atoms with E-state index in [1.807, 2.05) is 4.68 Å². The van der Waals surface area contributed by atoms with Crippen molar-refractivity contribution >= 4 is 10.9 Å². The zero-order valence-electron chi connectivity index (χ0n) is 8.42. The largest absolute Gasteiger partial charge is 0.265 e. The van der Waals surface area contributed by atoms with E-state index in [9.17, 15) is 4.39 Å². The lowest BCUT2D eigenvalue weighted by molar-refractivity contribution is 0.604. The maximum absolute atomic E-state index is 13.3. The summed E-state index contributed by atoms with van der Waals surface area (Å²) in [4.78, 5) is 0. The Morgan fingerprint density at radius 1 is 1.43 bits per heavy atom. The molecule has 0 aliphatic carbocycles. The Hall–Kier alpha value is -1.38. The Labute approximate surface area is 82.3 Å². The predicted octanol–water partition coefficient (Wildman–Crippen LogP) is 2.89. The highest BCUT2D eigenvalue weighted by Gasteiger charge is 2.08. The van der Waals surface area contributed by atoms with Crippen molar-refractivity contribution in [1.82, 2.24) is 9.78 Å². The SMILES string of the molecule is CCCn1ncc2ccc(F)c(C)c21. The molecule has 0 saturated heterocycles. The smallest absolute Gasteiger partial charge is 0.128 e. The highest BCUT2D eigenvalue weighted by atomic mass is 19.1. The van der Waals surface area contributed by atoms with Gasteiger partial charge in [0, 0.05) is 17.5 Å². The Morgan fingerprint density at radius 3 is 2.93 bits per heavy atom. The second-order valence-electron chi connectivity index (χ2n) is 3.48. The van der Waals surface area contributed by atoms with Crippen molar-refractivity contribution in [1.29, 1.82) is 0 Å². The van der Waals surface area contributed by atoms with Crippen molar-refractivity contribution in [2.24, 2.45) is 0 Å². The summed E-state index contributed by atoms with van der Waals surface area (Å²) in [6.45, 7) is 4.72. The summed E-state index contributed by atoms with van der Waals surface area (Å²) >= 11 is 0. The van der Waals surface area contributed by atoms with Crippen LogP contribution in [-0.4, -0.2) is 9.78 Å². The summed E-state index contributed by atoms with van der Waals surface area (Å²) in [7, 11) is 0. The van der Waals surface area contributed by atoms with Gasteiger partial charge in [0.15, 0.2) is 0 Å². The summed E-state index contributed by atoms with van der Waals surface area (Å²) in [5, 5.41) is 5.25. The quantitative estimate of drug-likeness (QED) is 0.715. The minimum absolute atomic E-state index is 0.157. The average Bonchev–Trinajstić information content (AvgIpc) is 2.57. The van der Waals surface area contributed by atoms with Gasteiger partial charge in [-0.05, 0) is 25.5 Å². The standard InChI is InChI=1S/C11H13FN2/c1-3-6-14-11-8(2)10(12)5-4-9(11)7-13-14/h4-5,7H,3,6H2,1-2H3. The molecule has 0 aliphatic rings. The fourth-order valence-corrected chi connectivity index (χ4v) is 1.71. The molecule has 0 radical (unpaired) electrons. The molecular weight excluding hydrogens is 179 g/mol. The van der Waals surface area contributed by atoms with Crippen LogP contribution in [0.5, 0.6) is 0 Å². The van der Waals surface area contributed by atoms with Gasteiger partial charge in [0.25, 0.3) is 0 Å². The molecular formula is C11H13FN2. The molecule has 1 aromatic heterocycles. The van der Waals surface area contributed by atoms with Crippen molar-refractivity contribution in [3.8, 4) is 0 Å². The summed E-state index contributed by atoms with van der Waals surface area (Å²) in [5.41, 5.74) is 1.61. The lowest BCUT2D eigenvalue weighted by Gasteiger charge is -2.04. The van der Waals surface area contributed by atoms with E-state index in [0.717, 1.165) is 23.9 Å². The molecule has 1 aromatic carbocycles. The van der Waals surface area contributed by atoms with Crippen molar-refractivity contribution in [3.63, 3.8) is 0 Å². The first-order valence-corrected chi connectivity index (χ1v) is 4.84. The zero-order valence-corrected chi connectivity index (χ0v) is 8.42. The van der Waals surface area contributed by atoms with Gasteiger partial charge < -0.3 is 0 Å². The number of halogens is 1. The number of nitrogens with zero attached hydrogens (tertiary/aromatic N) is 2. The summed E-state index contributed by atoms with van der Waals surface area (Å²) in [6.07, 6.45) is 2.80. The van der Waals surface area contributed by atoms with Crippen molar-refractivity contribution < 1.29 is 4.39 Å². The third-order valence-corrected chi connectivity index (χ3v) is 2.43. The molecule has 2 rings (SSSR count). The normalized spacial score (nSPS) is 11.1. The molecule has 0 fully saturated rings. The molecule has 74 valence electrons. The second-order valence-corrected chi connectivity index (χ2v) is 3.48. The number of rotatable bonds is 2. The van der Waals surface area contributed by atoms with Gasteiger partial charge in [0.05, 0.1) is 11.7 Å². The van der Waals surface area contributed by atoms with Crippen molar-refractivity contribution in [2.45, 2.75) is 26.8 Å². The number of fused-ring (bicyclic) bond motifs is 1. The van der Waals surface area contributed by atoms with Gasteiger partial charge in [0.1, 0.15) is 5.82 Å². The topological polar surface area (TPSA) is 17.8 Å². The van der Waals surface area contributed by atoms with Gasteiger partial charge in [-0.25, -0.2) is 4.39 Å². The maximum Gasteiger partial charge on any atom is 0.128 e. The highest BCUT2D eigenvalue weighted by Crippen LogP contribution is 2.20. The molecule has 0 atom stereocenters. The van der Waals surface area contributed by atoms with Gasteiger partial charge >= 0.3 is 0 Å². The average molecular weight is 192 g/mol. The van der Waals surface area contributed by atoms with Crippen LogP contribution in [0.1, 0.15) is 18.9 Å². The molecule has 0 aliphatic heterocycles. The molecule has 2 nitrogen and oxygen atoms in total. The van der Waals surface area contributed by atoms with E-state index in [-0.39, 0.29) is 5.82 Å². The summed E-state index contributed by atoms with van der Waals surface area (Å²) < 4.78 is 15.2. The van der Waals surface area contributed by atoms with Crippen molar-refractivity contribution in [2.75, 3.05) is 0 Å². The van der Waals surface area contributed by atoms with Gasteiger partial charge in [-0.3, -0.25) is 4.68 Å². The molecule has 0 N–H and O–H groups in total. The molecule has 0 saturated carbocycles. The molecule has 14 heavy (non-hydrogen) atoms. The fourth-order valence-electron chi connectivity index (χ4n) is 1.71. The molecule has 3 heteroatoms. The number of aromatic nitrogens is 2. The summed E-state index contributed by atoms with van der Waals surface area (Å²) in [5.74, 6) is -0.157. The van der Waals surface area contributed by atoms with E-state index in [4.69, 9.17) is 0 Å². The van der Waals surface area contributed by atoms with Crippen LogP contribution in [0.25, 0.3) is 10.9 Å². The number of benzene rings is 1. The first-order chi connectivity index (χ1) is 6.74. The maximum atomic E-state index is 13.3. The number of hydrogen-bond donors (Lipinski definition) is 0. The lowest BCUT2D eigenvalue weighted by Crippen LogP contribution is -2.00. The monoisotopic (exact) mass is 192 g/mol. The Balaban J connectivity index is 2.69. The molecule has 0 unspecified atom stereocenters. The number of hydrogen-bond acceptors (Lipinski definition) is 1. The van der Waals surface area contributed by atoms with E-state index >= 15 is 0 Å². The minimum atomic E-state index is -0.157. The molecule has 1 heterocycles. The molecule has 2 aromatic rings. The molecule has 0 bridgehead atoms. The Bertz CT molecular complexity index is 460. The Morgan fingerprint density at radius 2 is 2.21 bits per heavy atom. The number of aryl methyl sites for hydroxylation is 2. The predicted molar refractivity (Wildman–Crippen MR) is 54.7 cm³/mol. The van der Waals surface area contributed by atoms with Crippen LogP contribution in [0.4, 0.5) is 4.39 Å². The molecule has 0 amide bonds. The van der Waals surface area contributed by atoms with E-state index in [2.05, 4.69) is 12.0 Å². The third-order valence-electron chi connectivity index (χ3n) is 2.43. The van der Waals surface area contributed by atoms with Gasteiger partial charge in [-0.1, -0.05) is 6.92 Å². The van der Waals surface area contributed by atoms with E-state index in [1.165, 1.54) is 6.07 Å². The van der Waals surface area contributed by atoms with Crippen LogP contribution in [-0.2, 0) is 6.54 Å². The minimum Gasteiger partial charge on any atom is -0.265 e. The van der Waals surface area contributed by atoms with Crippen LogP contribution in [0.3, 0.4) is 0 Å². The zero-order chi connectivity index (χ0) is 10.1. The molecule has 0 spiro atoms. The fraction of sp³-hybridized carbons (Fsp3) is 0.364. The van der Waals surface area contributed by atoms with E-state index < -0.39 is 0 Å². The first kappa shape index (κ1) is 9.19. The van der Waals surface area contributed by atoms with Gasteiger partial charge in [0.2, 0.25) is 0 Å². The second kappa shape index (κ2) is 3.40. The highest BCUT2D eigenvalue weighted by molar-refractivity contribution is 5.81. The lowest BCUT2D eigenvalue weighted by atomic mass is 10.1. The van der Waals surface area contributed by atoms with E-state index in [1.54, 1.807) is 19.2 Å². The van der Waals surface area contributed by atoms with Crippen LogP contribution in [0.15, 0.2) is 18.3 Å². The van der Waals surface area contributed by atoms with E-state index in [0.29, 0.717) is 5.56 Å². The summed E-state index contributed by atoms with van der Waals surface area (Å²) in [6, 6.07) is 3.27. The van der Waals surface area contributed by atoms with Crippen LogP contribution in [0.2, 0.25) is 0 Å². The Kier molecular flexibility index (Phi) is 2.23. The van der Waals surface area contributed by atoms with Crippen LogP contribution in [0, 0.1) is 12.7 Å². The van der Waals surface area contributed by atoms with Crippen LogP contribution < -0.4 is 0 Å². The van der Waals surface area contributed by atoms with Crippen molar-refractivity contribution in [3.05, 3.63) is 29.7 Å². The van der Waals surface area contributed by atoms with Crippen LogP contribution >= 0.6 is 0 Å². The third kappa shape index (κ3) is 1.29.